The number of carbonyl (C=O) groups excluding carboxylic acids is 1. The summed E-state index contributed by atoms with van der Waals surface area (Å²) in [6.45, 7) is 1.72. The van der Waals surface area contributed by atoms with Gasteiger partial charge in [0.2, 0.25) is 5.43 Å². The first-order valence-corrected chi connectivity index (χ1v) is 11.5. The molecule has 3 aromatic carbocycles. The van der Waals surface area contributed by atoms with Gasteiger partial charge in [0.25, 0.3) is 5.91 Å². The topological polar surface area (TPSA) is 121 Å². The third kappa shape index (κ3) is 5.53. The smallest absolute Gasteiger partial charge is 0.341 e. The molecular formula is C29H25N3O5. The SMILES string of the molecule is C#CCn1cc(C(=O)O)c(=O)c2cc(NC(O)[C@H](C)NC(=O)c3ccc(-c4ccccc4)cc3)ccc21. The molecule has 1 aromatic heterocycles. The monoisotopic (exact) mass is 495 g/mol. The maximum atomic E-state index is 12.7. The van der Waals surface area contributed by atoms with Crippen LogP contribution in [0.2, 0.25) is 0 Å². The van der Waals surface area contributed by atoms with E-state index in [-0.39, 0.29) is 17.8 Å². The maximum absolute atomic E-state index is 12.7. The molecular weight excluding hydrogens is 470 g/mol. The van der Waals surface area contributed by atoms with E-state index >= 15 is 0 Å². The lowest BCUT2D eigenvalue weighted by Crippen LogP contribution is -2.44. The number of aliphatic hydroxyl groups is 1. The largest absolute Gasteiger partial charge is 0.477 e. The zero-order valence-corrected chi connectivity index (χ0v) is 20.0. The van der Waals surface area contributed by atoms with Crippen molar-refractivity contribution in [2.75, 3.05) is 5.32 Å². The Morgan fingerprint density at radius 1 is 1.03 bits per heavy atom. The number of terminal acetylenes is 1. The zero-order valence-electron chi connectivity index (χ0n) is 20.0. The van der Waals surface area contributed by atoms with Crippen molar-refractivity contribution in [2.45, 2.75) is 25.7 Å². The number of fused-ring (bicyclic) bond motifs is 1. The summed E-state index contributed by atoms with van der Waals surface area (Å²) in [5.41, 5.74) is 2.25. The van der Waals surface area contributed by atoms with E-state index in [0.717, 1.165) is 11.1 Å². The number of benzene rings is 3. The van der Waals surface area contributed by atoms with E-state index in [0.29, 0.717) is 16.8 Å². The van der Waals surface area contributed by atoms with Gasteiger partial charge in [-0.25, -0.2) is 4.79 Å². The Kier molecular flexibility index (Phi) is 7.37. The number of carboxylic acid groups (broad SMARTS) is 1. The highest BCUT2D eigenvalue weighted by Gasteiger charge is 2.19. The van der Waals surface area contributed by atoms with E-state index in [1.165, 1.54) is 16.8 Å². The van der Waals surface area contributed by atoms with Gasteiger partial charge in [-0.1, -0.05) is 48.4 Å². The Balaban J connectivity index is 1.48. The third-order valence-electron chi connectivity index (χ3n) is 5.97. The van der Waals surface area contributed by atoms with Gasteiger partial charge in [0.1, 0.15) is 11.8 Å². The van der Waals surface area contributed by atoms with Crippen LogP contribution in [-0.2, 0) is 6.54 Å². The number of hydrogen-bond acceptors (Lipinski definition) is 5. The number of carboxylic acids is 1. The van der Waals surface area contributed by atoms with Crippen LogP contribution in [0.25, 0.3) is 22.0 Å². The van der Waals surface area contributed by atoms with Gasteiger partial charge in [-0.2, -0.15) is 0 Å². The zero-order chi connectivity index (χ0) is 26.5. The Labute approximate surface area is 213 Å². The van der Waals surface area contributed by atoms with Crippen LogP contribution in [0.15, 0.2) is 83.8 Å². The van der Waals surface area contributed by atoms with Crippen LogP contribution in [0.4, 0.5) is 5.69 Å². The van der Waals surface area contributed by atoms with Gasteiger partial charge in [0.05, 0.1) is 18.1 Å². The molecule has 0 saturated heterocycles. The second kappa shape index (κ2) is 10.8. The summed E-state index contributed by atoms with van der Waals surface area (Å²) in [6, 6.07) is 21.0. The van der Waals surface area contributed by atoms with Crippen molar-refractivity contribution in [3.63, 3.8) is 0 Å². The Hall–Kier alpha value is -4.87. The molecule has 0 aliphatic heterocycles. The van der Waals surface area contributed by atoms with Crippen LogP contribution < -0.4 is 16.1 Å². The highest BCUT2D eigenvalue weighted by atomic mass is 16.4. The molecule has 4 aromatic rings. The lowest BCUT2D eigenvalue weighted by Gasteiger charge is -2.22. The second-order valence-corrected chi connectivity index (χ2v) is 8.54. The van der Waals surface area contributed by atoms with Crippen LogP contribution in [0, 0.1) is 12.3 Å². The number of carbonyl (C=O) groups is 2. The van der Waals surface area contributed by atoms with Crippen LogP contribution in [0.3, 0.4) is 0 Å². The molecule has 4 rings (SSSR count). The molecule has 0 fully saturated rings. The predicted octanol–water partition coefficient (Wildman–Crippen LogP) is 3.55. The molecule has 0 bridgehead atoms. The van der Waals surface area contributed by atoms with Crippen LogP contribution in [0.5, 0.6) is 0 Å². The van der Waals surface area contributed by atoms with Crippen molar-refractivity contribution in [1.82, 2.24) is 9.88 Å². The fraction of sp³-hybridized carbons (Fsp3) is 0.138. The minimum atomic E-state index is -1.36. The van der Waals surface area contributed by atoms with Gasteiger partial charge in [0, 0.05) is 22.8 Å². The molecule has 8 heteroatoms. The number of pyridine rings is 1. The average Bonchev–Trinajstić information content (AvgIpc) is 2.90. The normalized spacial score (nSPS) is 12.4. The summed E-state index contributed by atoms with van der Waals surface area (Å²) in [5, 5.41) is 25.8. The maximum Gasteiger partial charge on any atom is 0.341 e. The Morgan fingerprint density at radius 3 is 2.35 bits per heavy atom. The molecule has 1 amide bonds. The van der Waals surface area contributed by atoms with Crippen LogP contribution in [-0.4, -0.2) is 38.9 Å². The quantitative estimate of drug-likeness (QED) is 0.219. The van der Waals surface area contributed by atoms with Gasteiger partial charge in [-0.15, -0.1) is 6.42 Å². The predicted molar refractivity (Wildman–Crippen MR) is 142 cm³/mol. The third-order valence-corrected chi connectivity index (χ3v) is 5.97. The minimum Gasteiger partial charge on any atom is -0.477 e. The highest BCUT2D eigenvalue weighted by molar-refractivity contribution is 5.95. The summed E-state index contributed by atoms with van der Waals surface area (Å²) < 4.78 is 1.51. The lowest BCUT2D eigenvalue weighted by atomic mass is 10.0. The molecule has 0 aliphatic carbocycles. The first kappa shape index (κ1) is 25.2. The van der Waals surface area contributed by atoms with Crippen molar-refractivity contribution in [1.29, 1.82) is 0 Å². The number of rotatable bonds is 8. The summed E-state index contributed by atoms with van der Waals surface area (Å²) in [5.74, 6) is 0.729. The van der Waals surface area contributed by atoms with Crippen LogP contribution in [0.1, 0.15) is 27.6 Å². The molecule has 37 heavy (non-hydrogen) atoms. The summed E-state index contributed by atoms with van der Waals surface area (Å²) in [6.07, 6.45) is 5.41. The van der Waals surface area contributed by atoms with Gasteiger partial charge in [-0.05, 0) is 48.4 Å². The molecule has 0 saturated carbocycles. The lowest BCUT2D eigenvalue weighted by molar-refractivity contribution is 0.0694. The number of hydrogen-bond donors (Lipinski definition) is 4. The van der Waals surface area contributed by atoms with Gasteiger partial charge < -0.3 is 25.4 Å². The van der Waals surface area contributed by atoms with Crippen molar-refractivity contribution >= 4 is 28.5 Å². The fourth-order valence-corrected chi connectivity index (χ4v) is 3.98. The number of nitrogens with zero attached hydrogens (tertiary/aromatic N) is 1. The van der Waals surface area contributed by atoms with Crippen molar-refractivity contribution in [3.8, 4) is 23.5 Å². The van der Waals surface area contributed by atoms with Crippen molar-refractivity contribution in [3.05, 3.63) is 100 Å². The van der Waals surface area contributed by atoms with E-state index in [9.17, 15) is 24.6 Å². The van der Waals surface area contributed by atoms with E-state index in [1.54, 1.807) is 31.2 Å². The van der Waals surface area contributed by atoms with Crippen molar-refractivity contribution < 1.29 is 19.8 Å². The standard InChI is InChI=1S/C29H25N3O5/c1-3-15-32-17-24(29(36)37)26(33)23-16-22(13-14-25(23)32)31-27(34)18(2)30-28(35)21-11-9-20(10-12-21)19-7-5-4-6-8-19/h1,4-14,16-18,27,31,34H,15H2,2H3,(H,30,35)(H,36,37)/t18-,27?/m0/s1. The van der Waals surface area contributed by atoms with E-state index < -0.39 is 29.2 Å². The summed E-state index contributed by atoms with van der Waals surface area (Å²) in [4.78, 5) is 37.0. The Bertz CT molecular complexity index is 1550. The van der Waals surface area contributed by atoms with Crippen LogP contribution >= 0.6 is 0 Å². The van der Waals surface area contributed by atoms with E-state index in [1.807, 2.05) is 42.5 Å². The summed E-state index contributed by atoms with van der Waals surface area (Å²) in [7, 11) is 0. The molecule has 0 radical (unpaired) electrons. The number of aromatic carboxylic acids is 1. The molecule has 0 aliphatic rings. The number of nitrogens with one attached hydrogen (secondary N) is 2. The second-order valence-electron chi connectivity index (χ2n) is 8.54. The van der Waals surface area contributed by atoms with E-state index in [4.69, 9.17) is 6.42 Å². The molecule has 186 valence electrons. The fourth-order valence-electron chi connectivity index (χ4n) is 3.98. The molecule has 8 nitrogen and oxygen atoms in total. The molecule has 0 spiro atoms. The number of aliphatic hydroxyl groups excluding tert-OH is 1. The number of aromatic nitrogens is 1. The van der Waals surface area contributed by atoms with Gasteiger partial charge in [-0.3, -0.25) is 9.59 Å². The van der Waals surface area contributed by atoms with Crippen molar-refractivity contribution in [2.24, 2.45) is 0 Å². The number of amides is 1. The Morgan fingerprint density at radius 2 is 1.70 bits per heavy atom. The van der Waals surface area contributed by atoms with Gasteiger partial charge in [0.15, 0.2) is 0 Å². The highest BCUT2D eigenvalue weighted by Crippen LogP contribution is 2.20. The molecule has 2 atom stereocenters. The first-order valence-electron chi connectivity index (χ1n) is 11.5. The summed E-state index contributed by atoms with van der Waals surface area (Å²) >= 11 is 0. The average molecular weight is 496 g/mol. The molecule has 1 heterocycles. The van der Waals surface area contributed by atoms with E-state index in [2.05, 4.69) is 16.6 Å². The molecule has 1 unspecified atom stereocenters. The first-order chi connectivity index (χ1) is 17.8. The molecule has 4 N–H and O–H groups in total. The number of anilines is 1. The minimum absolute atomic E-state index is 0.0852. The van der Waals surface area contributed by atoms with Gasteiger partial charge >= 0.3 is 5.97 Å².